The first kappa shape index (κ1) is 25.0. The van der Waals surface area contributed by atoms with Crippen LogP contribution in [-0.2, 0) is 33.4 Å². The van der Waals surface area contributed by atoms with Gasteiger partial charge in [-0.05, 0) is 39.3 Å². The van der Waals surface area contributed by atoms with Crippen LogP contribution in [0.15, 0.2) is 47.3 Å². The summed E-state index contributed by atoms with van der Waals surface area (Å²) in [6.07, 6.45) is 3.37. The van der Waals surface area contributed by atoms with Crippen LogP contribution in [-0.4, -0.2) is 75.4 Å². The number of allylic oxidation sites excluding steroid dienone is 4. The largest absolute Gasteiger partial charge is 0.508 e. The molecule has 1 aliphatic heterocycles. The molecule has 4 aliphatic carbocycles. The van der Waals surface area contributed by atoms with Gasteiger partial charge in [-0.3, -0.25) is 9.59 Å². The Morgan fingerprint density at radius 2 is 1.91 bits per heavy atom. The number of ether oxygens (including phenoxy) is 3. The number of methoxy groups -OCH3 is 1. The Bertz CT molecular complexity index is 1130. The van der Waals surface area contributed by atoms with Crippen LogP contribution in [0.25, 0.3) is 0 Å². The number of rotatable bonds is 3. The Morgan fingerprint density at radius 3 is 2.54 bits per heavy atom. The highest BCUT2D eigenvalue weighted by Gasteiger charge is 2.79. The van der Waals surface area contributed by atoms with Crippen LogP contribution in [0.1, 0.15) is 33.6 Å². The van der Waals surface area contributed by atoms with Crippen molar-refractivity contribution in [3.05, 3.63) is 47.3 Å². The van der Waals surface area contributed by atoms with Crippen molar-refractivity contribution < 1.29 is 48.7 Å². The zero-order chi connectivity index (χ0) is 25.9. The highest BCUT2D eigenvalue weighted by Crippen LogP contribution is 2.61. The summed E-state index contributed by atoms with van der Waals surface area (Å²) in [5.41, 5.74) is -6.55. The summed E-state index contributed by atoms with van der Waals surface area (Å²) >= 11 is 0. The number of esters is 2. The van der Waals surface area contributed by atoms with E-state index < -0.39 is 70.1 Å². The molecule has 0 radical (unpaired) electrons. The molecule has 0 amide bonds. The van der Waals surface area contributed by atoms with E-state index in [1.54, 1.807) is 19.1 Å². The van der Waals surface area contributed by atoms with E-state index >= 15 is 0 Å². The van der Waals surface area contributed by atoms with Crippen molar-refractivity contribution in [2.75, 3.05) is 7.11 Å². The Morgan fingerprint density at radius 1 is 1.23 bits per heavy atom. The molecule has 0 aromatic carbocycles. The second-order valence-corrected chi connectivity index (χ2v) is 9.61. The summed E-state index contributed by atoms with van der Waals surface area (Å²) in [6.45, 7) is 4.19. The fourth-order valence-electron chi connectivity index (χ4n) is 5.68. The molecule has 7 atom stereocenters. The molecule has 0 aromatic rings. The van der Waals surface area contributed by atoms with Crippen LogP contribution >= 0.6 is 0 Å². The van der Waals surface area contributed by atoms with Crippen LogP contribution in [0.4, 0.5) is 0 Å². The average molecular weight is 488 g/mol. The maximum absolute atomic E-state index is 13.7. The molecule has 4 fully saturated rings. The molecule has 0 aromatic heterocycles. The normalized spacial score (nSPS) is 42.3. The maximum Gasteiger partial charge on any atom is 0.340 e. The number of Topliss-reactive ketones (excluding diaryl/α,β-unsaturated/α-hetero) is 2. The summed E-state index contributed by atoms with van der Waals surface area (Å²) in [6, 6.07) is 0. The highest BCUT2D eigenvalue weighted by atomic mass is 16.6. The van der Waals surface area contributed by atoms with E-state index in [2.05, 4.69) is 0 Å². The number of fused-ring (bicyclic) bond motifs is 3. The van der Waals surface area contributed by atoms with E-state index in [1.807, 2.05) is 0 Å². The lowest BCUT2D eigenvalue weighted by Crippen LogP contribution is -2.79. The summed E-state index contributed by atoms with van der Waals surface area (Å²) in [5, 5.41) is 32.3. The predicted octanol–water partition coefficient (Wildman–Crippen LogP) is 0.773. The van der Waals surface area contributed by atoms with Crippen molar-refractivity contribution in [3.63, 3.8) is 0 Å². The molecule has 1 saturated heterocycles. The fraction of sp³-hybridized carbons (Fsp3) is 0.520. The lowest BCUT2D eigenvalue weighted by Gasteiger charge is -2.61. The summed E-state index contributed by atoms with van der Waals surface area (Å²) in [5.74, 6) is -5.25. The first-order valence-electron chi connectivity index (χ1n) is 11.3. The van der Waals surface area contributed by atoms with Crippen LogP contribution in [0.5, 0.6) is 0 Å². The maximum atomic E-state index is 13.7. The number of aliphatic hydroxyl groups excluding tert-OH is 2. The molecule has 188 valence electrons. The number of ketones is 2. The first-order valence-corrected chi connectivity index (χ1v) is 11.3. The topological polar surface area (TPSA) is 157 Å². The molecule has 2 unspecified atom stereocenters. The van der Waals surface area contributed by atoms with Crippen LogP contribution in [0.3, 0.4) is 0 Å². The van der Waals surface area contributed by atoms with E-state index in [4.69, 9.17) is 14.2 Å². The van der Waals surface area contributed by atoms with E-state index in [0.717, 1.165) is 0 Å². The highest BCUT2D eigenvalue weighted by molar-refractivity contribution is 6.25. The SMILES string of the molecule is C/C=C/C=C/C(O)=C1/C(=O)C2(C)C(=O)[C@@](C)(O)C1C[C@@]21O[C@@H]2C=C(C(=O)OC)C[C@H](O)[C@H]2OC1=O. The second-order valence-electron chi connectivity index (χ2n) is 9.61. The molecule has 5 rings (SSSR count). The number of carbonyl (C=O) groups is 4. The van der Waals surface area contributed by atoms with Gasteiger partial charge in [0.2, 0.25) is 0 Å². The smallest absolute Gasteiger partial charge is 0.340 e. The molecule has 1 heterocycles. The van der Waals surface area contributed by atoms with Gasteiger partial charge in [0.1, 0.15) is 22.9 Å². The van der Waals surface area contributed by atoms with Gasteiger partial charge in [0.15, 0.2) is 23.3 Å². The van der Waals surface area contributed by atoms with E-state index in [1.165, 1.54) is 39.2 Å². The molecular formula is C25H28O10. The standard InChI is InChI=1S/C25H28O10/c1-5-6-7-8-14(26)17-13-11-25(23(2,19(17)28)21(30)24(13,3)32)22(31)34-18-15(27)9-12(20(29)33-4)10-16(18)35-25/h5-8,10,13,15-16,18,26-27,32H,9,11H2,1-4H3/b6-5+,8-7+,17-14-/t13?,15-,16+,18+,23?,24-,25-/m0/s1. The van der Waals surface area contributed by atoms with Gasteiger partial charge >= 0.3 is 11.9 Å². The Labute approximate surface area is 201 Å². The number of aliphatic hydroxyl groups is 3. The van der Waals surface area contributed by atoms with Gasteiger partial charge in [-0.15, -0.1) is 0 Å². The predicted molar refractivity (Wildman–Crippen MR) is 119 cm³/mol. The van der Waals surface area contributed by atoms with Crippen LogP contribution in [0.2, 0.25) is 0 Å². The number of carbonyl (C=O) groups excluding carboxylic acids is 4. The van der Waals surface area contributed by atoms with E-state index in [9.17, 15) is 34.5 Å². The fourth-order valence-corrected chi connectivity index (χ4v) is 5.68. The van der Waals surface area contributed by atoms with Gasteiger partial charge < -0.3 is 29.5 Å². The third-order valence-electron chi connectivity index (χ3n) is 7.63. The van der Waals surface area contributed by atoms with Crippen molar-refractivity contribution in [2.24, 2.45) is 11.3 Å². The zero-order valence-corrected chi connectivity index (χ0v) is 19.8. The third-order valence-corrected chi connectivity index (χ3v) is 7.63. The average Bonchev–Trinajstić information content (AvgIpc) is 2.81. The molecule has 2 bridgehead atoms. The number of hydrogen-bond donors (Lipinski definition) is 3. The van der Waals surface area contributed by atoms with Crippen molar-refractivity contribution in [1.82, 2.24) is 0 Å². The monoisotopic (exact) mass is 488 g/mol. The molecule has 3 saturated carbocycles. The lowest BCUT2D eigenvalue weighted by molar-refractivity contribution is -0.270. The van der Waals surface area contributed by atoms with Crippen molar-refractivity contribution in [3.8, 4) is 0 Å². The molecule has 10 heteroatoms. The third kappa shape index (κ3) is 3.27. The summed E-state index contributed by atoms with van der Waals surface area (Å²) < 4.78 is 16.4. The van der Waals surface area contributed by atoms with Crippen molar-refractivity contribution in [2.45, 2.75) is 63.1 Å². The van der Waals surface area contributed by atoms with Gasteiger partial charge in [0.05, 0.1) is 13.2 Å². The molecule has 1 spiro atoms. The lowest BCUT2D eigenvalue weighted by atomic mass is 9.45. The second kappa shape index (κ2) is 8.25. The molecule has 3 N–H and O–H groups in total. The Kier molecular flexibility index (Phi) is 5.90. The quantitative estimate of drug-likeness (QED) is 0.170. The molecule has 5 aliphatic rings. The minimum atomic E-state index is -2.24. The molecular weight excluding hydrogens is 460 g/mol. The van der Waals surface area contributed by atoms with Gasteiger partial charge in [0, 0.05) is 23.5 Å². The molecule has 10 nitrogen and oxygen atoms in total. The Hall–Kier alpha value is -3.08. The minimum Gasteiger partial charge on any atom is -0.508 e. The van der Waals surface area contributed by atoms with Gasteiger partial charge in [-0.25, -0.2) is 9.59 Å². The van der Waals surface area contributed by atoms with Gasteiger partial charge in [-0.1, -0.05) is 18.2 Å². The van der Waals surface area contributed by atoms with Crippen molar-refractivity contribution in [1.29, 1.82) is 0 Å². The zero-order valence-electron chi connectivity index (χ0n) is 19.8. The van der Waals surface area contributed by atoms with Gasteiger partial charge in [-0.2, -0.15) is 0 Å². The van der Waals surface area contributed by atoms with Crippen LogP contribution < -0.4 is 0 Å². The Balaban J connectivity index is 1.84. The first-order chi connectivity index (χ1) is 16.4. The summed E-state index contributed by atoms with van der Waals surface area (Å²) in [7, 11) is 1.18. The van der Waals surface area contributed by atoms with Gasteiger partial charge in [0.25, 0.3) is 0 Å². The minimum absolute atomic E-state index is 0.0949. The number of hydrogen-bond acceptors (Lipinski definition) is 10. The van der Waals surface area contributed by atoms with E-state index in [0.29, 0.717) is 0 Å². The van der Waals surface area contributed by atoms with Crippen molar-refractivity contribution >= 4 is 23.5 Å². The van der Waals surface area contributed by atoms with Crippen LogP contribution in [0, 0.1) is 11.3 Å². The molecule has 35 heavy (non-hydrogen) atoms. The van der Waals surface area contributed by atoms with E-state index in [-0.39, 0.29) is 24.0 Å². The summed E-state index contributed by atoms with van der Waals surface area (Å²) in [4.78, 5) is 52.7.